The van der Waals surface area contributed by atoms with Crippen molar-refractivity contribution in [2.75, 3.05) is 6.61 Å². The summed E-state index contributed by atoms with van der Waals surface area (Å²) in [4.78, 5) is 11.9. The van der Waals surface area contributed by atoms with Gasteiger partial charge >= 0.3 is 6.09 Å². The van der Waals surface area contributed by atoms with Crippen molar-refractivity contribution in [2.45, 2.75) is 52.0 Å². The standard InChI is InChI=1S/C18H27NO2/c1-5-7-8-9-13-21-17(20)19-18(3,4)16-12-10-11-15(6-2)14-16/h6,10-12,14H,2,5,7-9,13H2,1,3-4H3,(H,19,20). The van der Waals surface area contributed by atoms with Gasteiger partial charge in [-0.05, 0) is 37.5 Å². The van der Waals surface area contributed by atoms with E-state index < -0.39 is 5.54 Å². The highest BCUT2D eigenvalue weighted by molar-refractivity contribution is 5.68. The Hall–Kier alpha value is -1.77. The molecule has 0 aliphatic rings. The maximum Gasteiger partial charge on any atom is 0.407 e. The van der Waals surface area contributed by atoms with Crippen LogP contribution in [0.5, 0.6) is 0 Å². The summed E-state index contributed by atoms with van der Waals surface area (Å²) in [6.45, 7) is 10.3. The first kappa shape index (κ1) is 17.3. The largest absolute Gasteiger partial charge is 0.450 e. The van der Waals surface area contributed by atoms with Gasteiger partial charge in [-0.3, -0.25) is 0 Å². The Morgan fingerprint density at radius 1 is 1.33 bits per heavy atom. The monoisotopic (exact) mass is 289 g/mol. The summed E-state index contributed by atoms with van der Waals surface area (Å²) in [6.07, 6.45) is 5.83. The Kier molecular flexibility index (Phi) is 7.00. The molecule has 116 valence electrons. The lowest BCUT2D eigenvalue weighted by molar-refractivity contribution is 0.133. The molecule has 0 fully saturated rings. The molecule has 0 saturated heterocycles. The van der Waals surface area contributed by atoms with Crippen LogP contribution in [0.4, 0.5) is 4.79 Å². The van der Waals surface area contributed by atoms with Crippen molar-refractivity contribution in [3.8, 4) is 0 Å². The molecular weight excluding hydrogens is 262 g/mol. The first-order chi connectivity index (χ1) is 9.99. The van der Waals surface area contributed by atoms with Crippen molar-refractivity contribution in [1.82, 2.24) is 5.32 Å². The van der Waals surface area contributed by atoms with E-state index in [1.165, 1.54) is 12.8 Å². The topological polar surface area (TPSA) is 38.3 Å². The quantitative estimate of drug-likeness (QED) is 0.693. The molecule has 0 atom stereocenters. The summed E-state index contributed by atoms with van der Waals surface area (Å²) in [6, 6.07) is 7.97. The molecule has 0 heterocycles. The molecule has 3 heteroatoms. The molecule has 1 N–H and O–H groups in total. The molecule has 0 unspecified atom stereocenters. The Bertz CT molecular complexity index is 466. The SMILES string of the molecule is C=Cc1cccc(C(C)(C)NC(=O)OCCCCCC)c1. The number of amides is 1. The summed E-state index contributed by atoms with van der Waals surface area (Å²) in [5.41, 5.74) is 1.60. The maximum atomic E-state index is 11.9. The molecule has 1 aromatic rings. The van der Waals surface area contributed by atoms with Crippen molar-refractivity contribution in [2.24, 2.45) is 0 Å². The average molecular weight is 289 g/mol. The number of hydrogen-bond acceptors (Lipinski definition) is 2. The molecule has 0 aromatic heterocycles. The van der Waals surface area contributed by atoms with Crippen LogP contribution in [0, 0.1) is 0 Å². The Morgan fingerprint density at radius 2 is 2.10 bits per heavy atom. The molecular formula is C18H27NO2. The highest BCUT2D eigenvalue weighted by atomic mass is 16.5. The van der Waals surface area contributed by atoms with Crippen molar-refractivity contribution in [1.29, 1.82) is 0 Å². The number of alkyl carbamates (subject to hydrolysis) is 1. The van der Waals surface area contributed by atoms with Crippen LogP contribution in [-0.4, -0.2) is 12.7 Å². The second-order valence-electron chi connectivity index (χ2n) is 5.78. The predicted molar refractivity (Wildman–Crippen MR) is 88.2 cm³/mol. The zero-order chi connectivity index (χ0) is 15.7. The lowest BCUT2D eigenvalue weighted by Gasteiger charge is -2.26. The third kappa shape index (κ3) is 6.03. The van der Waals surface area contributed by atoms with Crippen molar-refractivity contribution < 1.29 is 9.53 Å². The molecule has 3 nitrogen and oxygen atoms in total. The van der Waals surface area contributed by atoms with Gasteiger partial charge in [0.25, 0.3) is 0 Å². The van der Waals surface area contributed by atoms with Crippen LogP contribution in [0.25, 0.3) is 6.08 Å². The second kappa shape index (κ2) is 8.50. The molecule has 1 amide bonds. The van der Waals surface area contributed by atoms with Crippen LogP contribution in [0.3, 0.4) is 0 Å². The maximum absolute atomic E-state index is 11.9. The number of ether oxygens (including phenoxy) is 1. The van der Waals surface area contributed by atoms with E-state index in [4.69, 9.17) is 4.74 Å². The van der Waals surface area contributed by atoms with E-state index in [0.29, 0.717) is 6.61 Å². The fourth-order valence-corrected chi connectivity index (χ4v) is 2.11. The van der Waals surface area contributed by atoms with E-state index in [0.717, 1.165) is 24.0 Å². The normalized spacial score (nSPS) is 11.0. The van der Waals surface area contributed by atoms with E-state index in [9.17, 15) is 4.79 Å². The van der Waals surface area contributed by atoms with Crippen LogP contribution < -0.4 is 5.32 Å². The van der Waals surface area contributed by atoms with Gasteiger partial charge in [0.2, 0.25) is 0 Å². The minimum atomic E-state index is -0.473. The van der Waals surface area contributed by atoms with Gasteiger partial charge in [-0.15, -0.1) is 0 Å². The summed E-state index contributed by atoms with van der Waals surface area (Å²) < 4.78 is 5.23. The fraction of sp³-hybridized carbons (Fsp3) is 0.500. The smallest absolute Gasteiger partial charge is 0.407 e. The average Bonchev–Trinajstić information content (AvgIpc) is 2.46. The highest BCUT2D eigenvalue weighted by Gasteiger charge is 2.23. The Labute approximate surface area is 128 Å². The lowest BCUT2D eigenvalue weighted by atomic mass is 9.93. The van der Waals surface area contributed by atoms with E-state index in [2.05, 4.69) is 18.8 Å². The van der Waals surface area contributed by atoms with Crippen molar-refractivity contribution >= 4 is 12.2 Å². The number of rotatable bonds is 8. The molecule has 0 aliphatic heterocycles. The molecule has 0 bridgehead atoms. The highest BCUT2D eigenvalue weighted by Crippen LogP contribution is 2.21. The zero-order valence-corrected chi connectivity index (χ0v) is 13.4. The molecule has 0 aliphatic carbocycles. The third-order valence-corrected chi connectivity index (χ3v) is 3.49. The van der Waals surface area contributed by atoms with E-state index >= 15 is 0 Å². The van der Waals surface area contributed by atoms with Crippen LogP contribution in [0.1, 0.15) is 57.6 Å². The van der Waals surface area contributed by atoms with Gasteiger partial charge in [0.1, 0.15) is 0 Å². The van der Waals surface area contributed by atoms with Crippen molar-refractivity contribution in [3.63, 3.8) is 0 Å². The third-order valence-electron chi connectivity index (χ3n) is 3.49. The van der Waals surface area contributed by atoms with E-state index in [1.807, 2.05) is 38.1 Å². The fourth-order valence-electron chi connectivity index (χ4n) is 2.11. The second-order valence-corrected chi connectivity index (χ2v) is 5.78. The number of benzene rings is 1. The first-order valence-corrected chi connectivity index (χ1v) is 7.67. The number of carbonyl (C=O) groups is 1. The van der Waals surface area contributed by atoms with Gasteiger partial charge < -0.3 is 10.1 Å². The summed E-state index contributed by atoms with van der Waals surface area (Å²) in [5.74, 6) is 0. The molecule has 0 radical (unpaired) electrons. The molecule has 0 saturated carbocycles. The molecule has 21 heavy (non-hydrogen) atoms. The lowest BCUT2D eigenvalue weighted by Crippen LogP contribution is -2.41. The summed E-state index contributed by atoms with van der Waals surface area (Å²) in [5, 5.41) is 2.92. The number of nitrogens with one attached hydrogen (secondary N) is 1. The van der Waals surface area contributed by atoms with Crippen LogP contribution in [-0.2, 0) is 10.3 Å². The Balaban J connectivity index is 2.50. The van der Waals surface area contributed by atoms with Gasteiger partial charge in [-0.25, -0.2) is 4.79 Å². The van der Waals surface area contributed by atoms with Crippen molar-refractivity contribution in [3.05, 3.63) is 42.0 Å². The number of carbonyl (C=O) groups excluding carboxylic acids is 1. The number of unbranched alkanes of at least 4 members (excludes halogenated alkanes) is 3. The minimum absolute atomic E-state index is 0.361. The van der Waals surface area contributed by atoms with Gasteiger partial charge in [0, 0.05) is 0 Å². The summed E-state index contributed by atoms with van der Waals surface area (Å²) in [7, 11) is 0. The van der Waals surface area contributed by atoms with E-state index in [1.54, 1.807) is 6.08 Å². The van der Waals surface area contributed by atoms with Crippen LogP contribution in [0.2, 0.25) is 0 Å². The first-order valence-electron chi connectivity index (χ1n) is 7.67. The predicted octanol–water partition coefficient (Wildman–Crippen LogP) is 4.87. The minimum Gasteiger partial charge on any atom is -0.450 e. The van der Waals surface area contributed by atoms with Crippen LogP contribution in [0.15, 0.2) is 30.8 Å². The van der Waals surface area contributed by atoms with Crippen LogP contribution >= 0.6 is 0 Å². The zero-order valence-electron chi connectivity index (χ0n) is 13.4. The van der Waals surface area contributed by atoms with Gasteiger partial charge in [0.15, 0.2) is 0 Å². The molecule has 1 aromatic carbocycles. The number of hydrogen-bond donors (Lipinski definition) is 1. The van der Waals surface area contributed by atoms with Gasteiger partial charge in [-0.2, -0.15) is 0 Å². The molecule has 0 spiro atoms. The Morgan fingerprint density at radius 3 is 2.76 bits per heavy atom. The van der Waals surface area contributed by atoms with E-state index in [-0.39, 0.29) is 6.09 Å². The summed E-state index contributed by atoms with van der Waals surface area (Å²) >= 11 is 0. The van der Waals surface area contributed by atoms with Gasteiger partial charge in [0.05, 0.1) is 12.1 Å². The van der Waals surface area contributed by atoms with Gasteiger partial charge in [-0.1, -0.05) is 57.0 Å². The molecule has 1 rings (SSSR count).